The lowest BCUT2D eigenvalue weighted by molar-refractivity contribution is -0.136. The number of carbonyl (C=O) groups excluding carboxylic acids is 1. The number of hydrogen-bond acceptors (Lipinski definition) is 4. The Balaban J connectivity index is 1.53. The number of nitrogens with zero attached hydrogens (tertiary/aromatic N) is 3. The minimum absolute atomic E-state index is 0.159. The van der Waals surface area contributed by atoms with Gasteiger partial charge in [-0.2, -0.15) is 0 Å². The number of likely N-dealkylation sites (N-methyl/N-ethyl adjacent to an activating group) is 1. The van der Waals surface area contributed by atoms with E-state index in [1.807, 2.05) is 48.9 Å². The van der Waals surface area contributed by atoms with Gasteiger partial charge in [0.2, 0.25) is 5.91 Å². The fourth-order valence-electron chi connectivity index (χ4n) is 3.23. The topological polar surface area (TPSA) is 39.9 Å². The number of benzene rings is 1. The molecule has 5 heteroatoms. The first kappa shape index (κ1) is 17.5. The highest BCUT2D eigenvalue weighted by atomic mass is 16.3. The van der Waals surface area contributed by atoms with Gasteiger partial charge in [-0.3, -0.25) is 9.69 Å². The Bertz CT molecular complexity index is 690. The van der Waals surface area contributed by atoms with Crippen molar-refractivity contribution in [3.63, 3.8) is 0 Å². The van der Waals surface area contributed by atoms with Gasteiger partial charge in [-0.15, -0.1) is 0 Å². The van der Waals surface area contributed by atoms with Crippen LogP contribution in [-0.2, 0) is 11.3 Å². The van der Waals surface area contributed by atoms with Crippen LogP contribution in [0.15, 0.2) is 46.9 Å². The molecule has 0 radical (unpaired) electrons. The monoisotopic (exact) mass is 341 g/mol. The maximum atomic E-state index is 12.8. The maximum Gasteiger partial charge on any atom is 0.239 e. The van der Waals surface area contributed by atoms with Gasteiger partial charge in [0.05, 0.1) is 12.6 Å². The molecule has 1 aromatic heterocycles. The third-order valence-corrected chi connectivity index (χ3v) is 4.93. The molecule has 0 saturated carbocycles. The normalized spacial score (nSPS) is 16.3. The Morgan fingerprint density at radius 3 is 2.40 bits per heavy atom. The molecule has 2 aromatic rings. The van der Waals surface area contributed by atoms with Gasteiger partial charge in [0.25, 0.3) is 0 Å². The molecule has 134 valence electrons. The van der Waals surface area contributed by atoms with Crippen LogP contribution < -0.4 is 4.90 Å². The van der Waals surface area contributed by atoms with Crippen LogP contribution >= 0.6 is 0 Å². The van der Waals surface area contributed by atoms with Crippen molar-refractivity contribution in [2.45, 2.75) is 26.4 Å². The summed E-state index contributed by atoms with van der Waals surface area (Å²) in [5, 5.41) is 0. The molecule has 3 rings (SSSR count). The molecule has 1 amide bonds. The number of anilines is 1. The van der Waals surface area contributed by atoms with Gasteiger partial charge < -0.3 is 14.2 Å². The van der Waals surface area contributed by atoms with E-state index in [0.717, 1.165) is 37.7 Å². The van der Waals surface area contributed by atoms with Crippen LogP contribution in [0.4, 0.5) is 5.69 Å². The summed E-state index contributed by atoms with van der Waals surface area (Å²) >= 11 is 0. The average Bonchev–Trinajstić information content (AvgIpc) is 3.06. The van der Waals surface area contributed by atoms with E-state index in [1.54, 1.807) is 0 Å². The van der Waals surface area contributed by atoms with E-state index in [2.05, 4.69) is 29.2 Å². The number of rotatable bonds is 5. The van der Waals surface area contributed by atoms with Crippen molar-refractivity contribution in [1.82, 2.24) is 9.80 Å². The summed E-state index contributed by atoms with van der Waals surface area (Å²) < 4.78 is 5.62. The first-order chi connectivity index (χ1) is 12.0. The Hall–Kier alpha value is -2.27. The summed E-state index contributed by atoms with van der Waals surface area (Å²) in [5.74, 6) is 1.99. The summed E-state index contributed by atoms with van der Waals surface area (Å²) in [7, 11) is 1.97. The second-order valence-corrected chi connectivity index (χ2v) is 6.75. The quantitative estimate of drug-likeness (QED) is 0.838. The van der Waals surface area contributed by atoms with E-state index in [4.69, 9.17) is 4.42 Å². The second kappa shape index (κ2) is 7.74. The molecule has 0 aliphatic carbocycles. The predicted molar refractivity (Wildman–Crippen MR) is 99.6 cm³/mol. The van der Waals surface area contributed by atoms with Crippen molar-refractivity contribution in [2.75, 3.05) is 38.1 Å². The number of aryl methyl sites for hydroxylation is 1. The van der Waals surface area contributed by atoms with Crippen LogP contribution in [0.5, 0.6) is 0 Å². The zero-order valence-corrected chi connectivity index (χ0v) is 15.3. The number of carbonyl (C=O) groups is 1. The molecular formula is C20H27N3O2. The Morgan fingerprint density at radius 2 is 1.80 bits per heavy atom. The van der Waals surface area contributed by atoms with Crippen LogP contribution in [0.3, 0.4) is 0 Å². The van der Waals surface area contributed by atoms with Gasteiger partial charge >= 0.3 is 0 Å². The molecule has 1 atom stereocenters. The molecule has 1 fully saturated rings. The van der Waals surface area contributed by atoms with Gasteiger partial charge in [-0.25, -0.2) is 0 Å². The van der Waals surface area contributed by atoms with Crippen LogP contribution in [-0.4, -0.2) is 55.0 Å². The molecule has 1 saturated heterocycles. The number of piperazine rings is 1. The van der Waals surface area contributed by atoms with Gasteiger partial charge in [0, 0.05) is 31.9 Å². The minimum Gasteiger partial charge on any atom is -0.465 e. The molecule has 25 heavy (non-hydrogen) atoms. The standard InChI is InChI=1S/C20H27N3O2/c1-16-9-10-19(25-16)15-21(3)17(2)20(24)23-13-11-22(12-14-23)18-7-5-4-6-8-18/h4-10,17H,11-15H2,1-3H3. The largest absolute Gasteiger partial charge is 0.465 e. The van der Waals surface area contributed by atoms with Gasteiger partial charge in [0.15, 0.2) is 0 Å². The Kier molecular flexibility index (Phi) is 5.43. The van der Waals surface area contributed by atoms with Crippen molar-refractivity contribution in [3.05, 3.63) is 54.0 Å². The van der Waals surface area contributed by atoms with Crippen LogP contribution in [0.25, 0.3) is 0 Å². The molecule has 1 aliphatic heterocycles. The molecule has 5 nitrogen and oxygen atoms in total. The highest BCUT2D eigenvalue weighted by Crippen LogP contribution is 2.17. The van der Waals surface area contributed by atoms with E-state index >= 15 is 0 Å². The fourth-order valence-corrected chi connectivity index (χ4v) is 3.23. The number of hydrogen-bond donors (Lipinski definition) is 0. The molecule has 1 aromatic carbocycles. The summed E-state index contributed by atoms with van der Waals surface area (Å²) in [5.41, 5.74) is 1.23. The van der Waals surface area contributed by atoms with Crippen molar-refractivity contribution in [3.8, 4) is 0 Å². The lowest BCUT2D eigenvalue weighted by Crippen LogP contribution is -2.53. The van der Waals surface area contributed by atoms with E-state index in [-0.39, 0.29) is 11.9 Å². The molecule has 1 unspecified atom stereocenters. The van der Waals surface area contributed by atoms with Crippen molar-refractivity contribution < 1.29 is 9.21 Å². The SMILES string of the molecule is Cc1ccc(CN(C)C(C)C(=O)N2CCN(c3ccccc3)CC2)o1. The first-order valence-electron chi connectivity index (χ1n) is 8.89. The average molecular weight is 341 g/mol. The maximum absolute atomic E-state index is 12.8. The highest BCUT2D eigenvalue weighted by molar-refractivity contribution is 5.81. The third kappa shape index (κ3) is 4.23. The summed E-state index contributed by atoms with van der Waals surface area (Å²) in [6, 6.07) is 14.2. The zero-order chi connectivity index (χ0) is 17.8. The molecule has 0 spiro atoms. The van der Waals surface area contributed by atoms with Gasteiger partial charge in [-0.1, -0.05) is 18.2 Å². The molecule has 0 N–H and O–H groups in total. The van der Waals surface area contributed by atoms with Gasteiger partial charge in [-0.05, 0) is 45.2 Å². The first-order valence-corrected chi connectivity index (χ1v) is 8.89. The van der Waals surface area contributed by atoms with E-state index in [1.165, 1.54) is 5.69 Å². The van der Waals surface area contributed by atoms with Crippen molar-refractivity contribution in [2.24, 2.45) is 0 Å². The lowest BCUT2D eigenvalue weighted by atomic mass is 10.2. The second-order valence-electron chi connectivity index (χ2n) is 6.75. The van der Waals surface area contributed by atoms with Crippen molar-refractivity contribution in [1.29, 1.82) is 0 Å². The summed E-state index contributed by atoms with van der Waals surface area (Å²) in [6.07, 6.45) is 0. The highest BCUT2D eigenvalue weighted by Gasteiger charge is 2.27. The predicted octanol–water partition coefficient (Wildman–Crippen LogP) is 2.76. The summed E-state index contributed by atoms with van der Waals surface area (Å²) in [6.45, 7) is 7.85. The Morgan fingerprint density at radius 1 is 1.12 bits per heavy atom. The molecule has 1 aliphatic rings. The smallest absolute Gasteiger partial charge is 0.239 e. The molecule has 0 bridgehead atoms. The fraction of sp³-hybridized carbons (Fsp3) is 0.450. The molecular weight excluding hydrogens is 314 g/mol. The van der Waals surface area contributed by atoms with E-state index < -0.39 is 0 Å². The number of para-hydroxylation sites is 1. The van der Waals surface area contributed by atoms with Crippen LogP contribution in [0.1, 0.15) is 18.4 Å². The Labute approximate surface area is 149 Å². The van der Waals surface area contributed by atoms with Crippen LogP contribution in [0, 0.1) is 6.92 Å². The minimum atomic E-state index is -0.159. The number of furan rings is 1. The van der Waals surface area contributed by atoms with Crippen molar-refractivity contribution >= 4 is 11.6 Å². The third-order valence-electron chi connectivity index (χ3n) is 4.93. The number of amides is 1. The van der Waals surface area contributed by atoms with Gasteiger partial charge in [0.1, 0.15) is 11.5 Å². The van der Waals surface area contributed by atoms with E-state index in [9.17, 15) is 4.79 Å². The molecule has 2 heterocycles. The van der Waals surface area contributed by atoms with Crippen LogP contribution in [0.2, 0.25) is 0 Å². The van der Waals surface area contributed by atoms with E-state index in [0.29, 0.717) is 6.54 Å². The summed E-state index contributed by atoms with van der Waals surface area (Å²) in [4.78, 5) is 19.2. The lowest BCUT2D eigenvalue weighted by Gasteiger charge is -2.38. The zero-order valence-electron chi connectivity index (χ0n) is 15.3.